The predicted molar refractivity (Wildman–Crippen MR) is 131 cm³/mol. The van der Waals surface area contributed by atoms with E-state index in [1.165, 1.54) is 18.2 Å². The summed E-state index contributed by atoms with van der Waals surface area (Å²) in [5.41, 5.74) is 1.71. The number of nitrogens with zero attached hydrogens (tertiary/aromatic N) is 2. The molecule has 36 heavy (non-hydrogen) atoms. The Kier molecular flexibility index (Phi) is 7.43. The summed E-state index contributed by atoms with van der Waals surface area (Å²) in [5, 5.41) is 3.21. The molecule has 1 aliphatic rings. The normalized spacial score (nSPS) is 13.4. The minimum atomic E-state index is -0.668. The van der Waals surface area contributed by atoms with Crippen molar-refractivity contribution in [2.24, 2.45) is 0 Å². The quantitative estimate of drug-likeness (QED) is 0.297. The van der Waals surface area contributed by atoms with Crippen LogP contribution >= 0.6 is 0 Å². The fraction of sp³-hybridized carbons (Fsp3) is 0.269. The van der Waals surface area contributed by atoms with E-state index in [0.29, 0.717) is 35.2 Å². The largest absolute Gasteiger partial charge is 0.469 e. The molecule has 186 valence electrons. The topological polar surface area (TPSA) is 129 Å². The Morgan fingerprint density at radius 1 is 0.889 bits per heavy atom. The molecule has 0 unspecified atom stereocenters. The van der Waals surface area contributed by atoms with Gasteiger partial charge in [0.05, 0.1) is 30.3 Å². The number of esters is 1. The third-order valence-corrected chi connectivity index (χ3v) is 6.09. The Morgan fingerprint density at radius 3 is 2.28 bits per heavy atom. The number of rotatable bonds is 7. The van der Waals surface area contributed by atoms with E-state index in [9.17, 15) is 24.0 Å². The molecule has 0 radical (unpaired) electrons. The predicted octanol–water partition coefficient (Wildman–Crippen LogP) is 2.23. The third-order valence-electron chi connectivity index (χ3n) is 6.09. The molecule has 0 saturated carbocycles. The molecule has 1 aliphatic heterocycles. The monoisotopic (exact) mass is 490 g/mol. The van der Waals surface area contributed by atoms with Gasteiger partial charge in [-0.15, -0.1) is 0 Å². The molecule has 0 aliphatic carbocycles. The van der Waals surface area contributed by atoms with Crippen LogP contribution in [0.2, 0.25) is 0 Å². The number of H-pyrrole nitrogens is 1. The zero-order valence-electron chi connectivity index (χ0n) is 19.8. The van der Waals surface area contributed by atoms with Gasteiger partial charge in [-0.2, -0.15) is 0 Å². The zero-order chi connectivity index (χ0) is 25.7. The number of aromatic amines is 1. The van der Waals surface area contributed by atoms with Gasteiger partial charge in [0, 0.05) is 49.7 Å². The lowest BCUT2D eigenvalue weighted by atomic mass is 10.1. The fourth-order valence-corrected chi connectivity index (χ4v) is 4.11. The summed E-state index contributed by atoms with van der Waals surface area (Å²) in [4.78, 5) is 68.2. The lowest BCUT2D eigenvalue weighted by Gasteiger charge is -2.34. The highest BCUT2D eigenvalue weighted by Gasteiger charge is 2.30. The SMILES string of the molecule is COC(=O)CCC(=O)Nc1cccc2c(C(=O)C(=O)N3CCN(C(=O)c4ccccc4)CC3)c[nH]c12. The lowest BCUT2D eigenvalue weighted by molar-refractivity contribution is -0.141. The number of nitrogens with one attached hydrogen (secondary N) is 2. The number of ketones is 1. The summed E-state index contributed by atoms with van der Waals surface area (Å²) in [6.45, 7) is 1.19. The molecule has 10 heteroatoms. The van der Waals surface area contributed by atoms with Crippen molar-refractivity contribution < 1.29 is 28.7 Å². The molecule has 10 nitrogen and oxygen atoms in total. The molecule has 3 amide bonds. The summed E-state index contributed by atoms with van der Waals surface area (Å²) in [7, 11) is 1.25. The van der Waals surface area contributed by atoms with E-state index in [4.69, 9.17) is 0 Å². The second kappa shape index (κ2) is 10.9. The van der Waals surface area contributed by atoms with Gasteiger partial charge in [0.25, 0.3) is 17.6 Å². The number of carbonyl (C=O) groups excluding carboxylic acids is 5. The van der Waals surface area contributed by atoms with E-state index < -0.39 is 17.7 Å². The van der Waals surface area contributed by atoms with E-state index in [1.54, 1.807) is 47.4 Å². The number of fused-ring (bicyclic) bond motifs is 1. The molecule has 4 rings (SSSR count). The number of hydrogen-bond donors (Lipinski definition) is 2. The van der Waals surface area contributed by atoms with Crippen LogP contribution < -0.4 is 5.32 Å². The van der Waals surface area contributed by atoms with Gasteiger partial charge in [-0.25, -0.2) is 0 Å². The molecule has 1 fully saturated rings. The molecule has 1 aromatic heterocycles. The van der Waals surface area contributed by atoms with Gasteiger partial charge >= 0.3 is 5.97 Å². The number of methoxy groups -OCH3 is 1. The first kappa shape index (κ1) is 24.6. The van der Waals surface area contributed by atoms with Gasteiger partial charge in [-0.1, -0.05) is 30.3 Å². The average Bonchev–Trinajstić information content (AvgIpc) is 3.36. The van der Waals surface area contributed by atoms with Gasteiger partial charge in [-0.05, 0) is 18.2 Å². The maximum absolute atomic E-state index is 13.1. The average molecular weight is 491 g/mol. The summed E-state index contributed by atoms with van der Waals surface area (Å²) in [6.07, 6.45) is 1.35. The zero-order valence-corrected chi connectivity index (χ0v) is 19.8. The minimum absolute atomic E-state index is 0.0488. The molecular formula is C26H26N4O6. The van der Waals surface area contributed by atoms with Crippen molar-refractivity contribution in [3.8, 4) is 0 Å². The van der Waals surface area contributed by atoms with Gasteiger partial charge in [0.15, 0.2) is 0 Å². The number of carbonyl (C=O) groups is 5. The molecule has 0 bridgehead atoms. The van der Waals surface area contributed by atoms with Crippen LogP contribution in [0.25, 0.3) is 10.9 Å². The number of anilines is 1. The van der Waals surface area contributed by atoms with E-state index in [1.807, 2.05) is 6.07 Å². The molecule has 0 atom stereocenters. The highest BCUT2D eigenvalue weighted by molar-refractivity contribution is 6.45. The van der Waals surface area contributed by atoms with Crippen LogP contribution in [0.5, 0.6) is 0 Å². The number of aromatic nitrogens is 1. The van der Waals surface area contributed by atoms with E-state index in [2.05, 4.69) is 15.0 Å². The second-order valence-electron chi connectivity index (χ2n) is 8.33. The van der Waals surface area contributed by atoms with Crippen molar-refractivity contribution in [2.45, 2.75) is 12.8 Å². The fourth-order valence-electron chi connectivity index (χ4n) is 4.11. The Hall–Kier alpha value is -4.47. The first-order chi connectivity index (χ1) is 17.4. The first-order valence-corrected chi connectivity index (χ1v) is 11.5. The molecule has 1 saturated heterocycles. The first-order valence-electron chi connectivity index (χ1n) is 11.5. The van der Waals surface area contributed by atoms with Crippen molar-refractivity contribution in [2.75, 3.05) is 38.6 Å². The minimum Gasteiger partial charge on any atom is -0.469 e. The van der Waals surface area contributed by atoms with Crippen LogP contribution in [0.3, 0.4) is 0 Å². The van der Waals surface area contributed by atoms with E-state index in [-0.39, 0.29) is 43.3 Å². The summed E-state index contributed by atoms with van der Waals surface area (Å²) in [6, 6.07) is 13.9. The smallest absolute Gasteiger partial charge is 0.306 e. The van der Waals surface area contributed by atoms with E-state index >= 15 is 0 Å². The number of para-hydroxylation sites is 1. The maximum atomic E-state index is 13.1. The standard InChI is InChI=1S/C26H26N4O6/c1-36-22(32)11-10-21(31)28-20-9-5-8-18-19(16-27-23(18)20)24(33)26(35)30-14-12-29(13-15-30)25(34)17-6-3-2-4-7-17/h2-9,16,27H,10-15H2,1H3,(H,28,31). The number of piperazine rings is 1. The summed E-state index contributed by atoms with van der Waals surface area (Å²) in [5.74, 6) is -2.28. The van der Waals surface area contributed by atoms with E-state index in [0.717, 1.165) is 0 Å². The molecule has 0 spiro atoms. The number of ether oxygens (including phenoxy) is 1. The van der Waals surface area contributed by atoms with Crippen molar-refractivity contribution >= 4 is 46.1 Å². The third kappa shape index (κ3) is 5.27. The summed E-state index contributed by atoms with van der Waals surface area (Å²) < 4.78 is 4.54. The number of Topliss-reactive ketones (excluding diaryl/α,β-unsaturated/α-hetero) is 1. The van der Waals surface area contributed by atoms with Crippen molar-refractivity contribution in [1.29, 1.82) is 0 Å². The Bertz CT molecular complexity index is 1310. The summed E-state index contributed by atoms with van der Waals surface area (Å²) >= 11 is 0. The van der Waals surface area contributed by atoms with Crippen LogP contribution in [0.1, 0.15) is 33.6 Å². The molecule has 3 aromatic rings. The Balaban J connectivity index is 1.41. The Morgan fingerprint density at radius 2 is 1.58 bits per heavy atom. The van der Waals surface area contributed by atoms with Crippen molar-refractivity contribution in [3.63, 3.8) is 0 Å². The molecule has 2 aromatic carbocycles. The second-order valence-corrected chi connectivity index (χ2v) is 8.33. The maximum Gasteiger partial charge on any atom is 0.306 e. The van der Waals surface area contributed by atoms with Crippen LogP contribution in [-0.4, -0.2) is 77.5 Å². The number of hydrogen-bond acceptors (Lipinski definition) is 6. The number of amides is 3. The van der Waals surface area contributed by atoms with Gasteiger partial charge in [0.1, 0.15) is 0 Å². The highest BCUT2D eigenvalue weighted by atomic mass is 16.5. The van der Waals surface area contributed by atoms with Crippen molar-refractivity contribution in [3.05, 3.63) is 65.9 Å². The lowest BCUT2D eigenvalue weighted by Crippen LogP contribution is -2.52. The number of benzene rings is 2. The Labute approximate surface area is 207 Å². The van der Waals surface area contributed by atoms with Gasteiger partial charge < -0.3 is 24.8 Å². The van der Waals surface area contributed by atoms with Crippen LogP contribution in [-0.2, 0) is 19.1 Å². The van der Waals surface area contributed by atoms with Crippen LogP contribution in [0.4, 0.5) is 5.69 Å². The molecule has 2 heterocycles. The molecule has 2 N–H and O–H groups in total. The highest BCUT2D eigenvalue weighted by Crippen LogP contribution is 2.26. The van der Waals surface area contributed by atoms with Crippen LogP contribution in [0, 0.1) is 0 Å². The van der Waals surface area contributed by atoms with Crippen LogP contribution in [0.15, 0.2) is 54.7 Å². The van der Waals surface area contributed by atoms with Gasteiger partial charge in [-0.3, -0.25) is 24.0 Å². The van der Waals surface area contributed by atoms with Crippen molar-refractivity contribution in [1.82, 2.24) is 14.8 Å². The molecular weight excluding hydrogens is 464 g/mol. The van der Waals surface area contributed by atoms with Gasteiger partial charge in [0.2, 0.25) is 5.91 Å².